The Morgan fingerprint density at radius 2 is 1.77 bits per heavy atom. The quantitative estimate of drug-likeness (QED) is 0.318. The van der Waals surface area contributed by atoms with Crippen LogP contribution < -0.4 is 10.2 Å². The van der Waals surface area contributed by atoms with Crippen LogP contribution in [0.15, 0.2) is 42.6 Å². The van der Waals surface area contributed by atoms with E-state index in [1.54, 1.807) is 0 Å². The zero-order valence-corrected chi connectivity index (χ0v) is 22.1. The molecule has 40 heavy (non-hydrogen) atoms. The highest BCUT2D eigenvalue weighted by atomic mass is 32.1. The average molecular weight is 581 g/mol. The van der Waals surface area contributed by atoms with Gasteiger partial charge in [-0.3, -0.25) is 9.69 Å². The summed E-state index contributed by atoms with van der Waals surface area (Å²) in [5.41, 5.74) is -0.902. The molecule has 212 valence electrons. The number of anilines is 1. The van der Waals surface area contributed by atoms with Gasteiger partial charge in [0.1, 0.15) is 17.1 Å². The van der Waals surface area contributed by atoms with E-state index in [0.717, 1.165) is 48.9 Å². The number of hydrogen-bond donors (Lipinski definition) is 1. The highest BCUT2D eigenvalue weighted by Gasteiger charge is 2.60. The molecule has 1 aliphatic heterocycles. The number of amides is 1. The molecule has 1 saturated heterocycles. The summed E-state index contributed by atoms with van der Waals surface area (Å²) in [7, 11) is 0. The van der Waals surface area contributed by atoms with Crippen LogP contribution >= 0.6 is 11.5 Å². The fourth-order valence-corrected chi connectivity index (χ4v) is 5.16. The van der Waals surface area contributed by atoms with E-state index in [0.29, 0.717) is 23.5 Å². The minimum absolute atomic E-state index is 0.0959. The van der Waals surface area contributed by atoms with E-state index in [9.17, 15) is 26.7 Å². The van der Waals surface area contributed by atoms with E-state index < -0.39 is 23.7 Å². The van der Waals surface area contributed by atoms with Crippen molar-refractivity contribution in [3.63, 3.8) is 0 Å². The minimum atomic E-state index is -5.83. The average Bonchev–Trinajstić information content (AvgIpc) is 3.56. The van der Waals surface area contributed by atoms with Crippen molar-refractivity contribution in [2.75, 3.05) is 44.2 Å². The first-order valence-corrected chi connectivity index (χ1v) is 13.2. The third-order valence-corrected chi connectivity index (χ3v) is 7.36. The van der Waals surface area contributed by atoms with Gasteiger partial charge in [0.05, 0.1) is 6.20 Å². The van der Waals surface area contributed by atoms with Crippen LogP contribution in [0, 0.1) is 6.92 Å². The molecule has 3 aromatic heterocycles. The van der Waals surface area contributed by atoms with Gasteiger partial charge in [0, 0.05) is 62.9 Å². The molecule has 0 atom stereocenters. The van der Waals surface area contributed by atoms with Gasteiger partial charge in [0.15, 0.2) is 5.65 Å². The summed E-state index contributed by atoms with van der Waals surface area (Å²) in [4.78, 5) is 25.7. The van der Waals surface area contributed by atoms with E-state index in [1.165, 1.54) is 18.5 Å². The zero-order chi connectivity index (χ0) is 28.5. The third-order valence-electron chi connectivity index (χ3n) is 6.54. The largest absolute Gasteiger partial charge is 0.459 e. The first-order valence-electron chi connectivity index (χ1n) is 12.5. The summed E-state index contributed by atoms with van der Waals surface area (Å²) >= 11 is 1.37. The number of fused-ring (bicyclic) bond motifs is 1. The van der Waals surface area contributed by atoms with Crippen LogP contribution in [0.2, 0.25) is 0 Å². The molecule has 0 radical (unpaired) electrons. The molecule has 1 aromatic carbocycles. The van der Waals surface area contributed by atoms with Crippen LogP contribution in [0.3, 0.4) is 0 Å². The van der Waals surface area contributed by atoms with Crippen molar-refractivity contribution in [3.8, 4) is 0 Å². The van der Waals surface area contributed by atoms with Gasteiger partial charge in [-0.25, -0.2) is 14.5 Å². The number of hydrogen-bond acceptors (Lipinski definition) is 8. The lowest BCUT2D eigenvalue weighted by Gasteiger charge is -2.34. The lowest BCUT2D eigenvalue weighted by atomic mass is 10.1. The lowest BCUT2D eigenvalue weighted by molar-refractivity contribution is -0.291. The number of carbonyl (C=O) groups excluding carboxylic acids is 1. The molecular weight excluding hydrogens is 555 g/mol. The molecule has 0 unspecified atom stereocenters. The second-order valence-corrected chi connectivity index (χ2v) is 10.1. The SMILES string of the molecule is Cc1cc(C(F)(F)C(F)(F)F)n2ncc(C(=O)NCCN3CCN(c4nc(Cc5ccccc5)ns4)CC3)c2n1. The molecule has 0 saturated carbocycles. The molecule has 0 bridgehead atoms. The summed E-state index contributed by atoms with van der Waals surface area (Å²) in [6.07, 6.45) is -4.21. The molecule has 5 rings (SSSR count). The highest BCUT2D eigenvalue weighted by molar-refractivity contribution is 7.09. The van der Waals surface area contributed by atoms with E-state index in [2.05, 4.69) is 34.6 Å². The third kappa shape index (κ3) is 5.75. The Labute approximate surface area is 229 Å². The van der Waals surface area contributed by atoms with Gasteiger partial charge in [-0.05, 0) is 18.6 Å². The van der Waals surface area contributed by atoms with Crippen LogP contribution in [0.5, 0.6) is 0 Å². The molecule has 4 aromatic rings. The zero-order valence-electron chi connectivity index (χ0n) is 21.3. The van der Waals surface area contributed by atoms with Crippen LogP contribution in [0.1, 0.15) is 33.1 Å². The number of carbonyl (C=O) groups is 1. The molecule has 4 heterocycles. The van der Waals surface area contributed by atoms with Gasteiger partial charge < -0.3 is 10.2 Å². The highest BCUT2D eigenvalue weighted by Crippen LogP contribution is 2.43. The molecule has 9 nitrogen and oxygen atoms in total. The van der Waals surface area contributed by atoms with Crippen LogP contribution in [0.25, 0.3) is 5.65 Å². The number of benzene rings is 1. The lowest BCUT2D eigenvalue weighted by Crippen LogP contribution is -2.48. The number of alkyl halides is 5. The summed E-state index contributed by atoms with van der Waals surface area (Å²) in [5, 5.41) is 7.16. The van der Waals surface area contributed by atoms with Crippen molar-refractivity contribution in [1.82, 2.24) is 34.2 Å². The van der Waals surface area contributed by atoms with Crippen molar-refractivity contribution in [3.05, 3.63) is 70.9 Å². The Bertz CT molecular complexity index is 1480. The van der Waals surface area contributed by atoms with E-state index in [4.69, 9.17) is 0 Å². The number of rotatable bonds is 8. The summed E-state index contributed by atoms with van der Waals surface area (Å²) in [6, 6.07) is 10.6. The number of nitrogens with one attached hydrogen (secondary N) is 1. The van der Waals surface area contributed by atoms with Crippen molar-refractivity contribution in [2.45, 2.75) is 25.4 Å². The second kappa shape index (κ2) is 11.0. The van der Waals surface area contributed by atoms with E-state index >= 15 is 0 Å². The van der Waals surface area contributed by atoms with Gasteiger partial charge in [-0.15, -0.1) is 0 Å². The molecule has 1 aliphatic rings. The Balaban J connectivity index is 1.14. The number of halogens is 5. The first kappa shape index (κ1) is 27.8. The fraction of sp³-hybridized carbons (Fsp3) is 0.400. The monoisotopic (exact) mass is 580 g/mol. The number of piperazine rings is 1. The molecule has 15 heteroatoms. The Hall–Kier alpha value is -3.72. The molecule has 1 N–H and O–H groups in total. The predicted molar refractivity (Wildman–Crippen MR) is 138 cm³/mol. The maximum Gasteiger partial charge on any atom is 0.459 e. The van der Waals surface area contributed by atoms with Crippen molar-refractivity contribution in [2.24, 2.45) is 0 Å². The normalized spacial score (nSPS) is 15.1. The Kier molecular flexibility index (Phi) is 7.68. The molecule has 1 amide bonds. The van der Waals surface area contributed by atoms with Gasteiger partial charge >= 0.3 is 12.1 Å². The van der Waals surface area contributed by atoms with E-state index in [1.807, 2.05) is 30.3 Å². The molecule has 1 fully saturated rings. The summed E-state index contributed by atoms with van der Waals surface area (Å²) in [5.74, 6) is -5.05. The Morgan fingerprint density at radius 3 is 2.48 bits per heavy atom. The predicted octanol–water partition coefficient (Wildman–Crippen LogP) is 3.69. The first-order chi connectivity index (χ1) is 19.0. The smallest absolute Gasteiger partial charge is 0.351 e. The summed E-state index contributed by atoms with van der Waals surface area (Å²) < 4.78 is 72.0. The number of nitrogens with zero attached hydrogens (tertiary/aromatic N) is 7. The van der Waals surface area contributed by atoms with Gasteiger partial charge in [-0.1, -0.05) is 30.3 Å². The maximum absolute atomic E-state index is 14.1. The van der Waals surface area contributed by atoms with Crippen molar-refractivity contribution >= 4 is 28.2 Å². The number of aryl methyl sites for hydroxylation is 1. The fourth-order valence-electron chi connectivity index (χ4n) is 4.42. The van der Waals surface area contributed by atoms with Gasteiger partial charge in [0.25, 0.3) is 5.91 Å². The van der Waals surface area contributed by atoms with Crippen LogP contribution in [-0.4, -0.2) is 80.2 Å². The standard InChI is InChI=1S/C25H25F5N8OS/c1-16-13-19(24(26,27)25(28,29)30)38-21(33-16)18(15-32-38)22(39)31-7-8-36-9-11-37(12-10-36)23-34-20(35-40-23)14-17-5-3-2-4-6-17/h2-6,13,15H,7-12,14H2,1H3,(H,31,39). The summed E-state index contributed by atoms with van der Waals surface area (Å²) in [6.45, 7) is 4.98. The van der Waals surface area contributed by atoms with Gasteiger partial charge in [-0.2, -0.15) is 31.4 Å². The van der Waals surface area contributed by atoms with Crippen LogP contribution in [0.4, 0.5) is 27.1 Å². The van der Waals surface area contributed by atoms with Crippen LogP contribution in [-0.2, 0) is 12.3 Å². The molecular formula is C25H25F5N8OS. The second-order valence-electron chi connectivity index (χ2n) is 9.39. The van der Waals surface area contributed by atoms with Crippen molar-refractivity contribution < 1.29 is 26.7 Å². The maximum atomic E-state index is 14.1. The van der Waals surface area contributed by atoms with E-state index in [-0.39, 0.29) is 23.4 Å². The molecule has 0 spiro atoms. The van der Waals surface area contributed by atoms with Crippen molar-refractivity contribution in [1.29, 1.82) is 0 Å². The van der Waals surface area contributed by atoms with Gasteiger partial charge in [0.2, 0.25) is 5.13 Å². The topological polar surface area (TPSA) is 91.6 Å². The Morgan fingerprint density at radius 1 is 1.05 bits per heavy atom. The molecule has 0 aliphatic carbocycles. The minimum Gasteiger partial charge on any atom is -0.351 e. The number of aromatic nitrogens is 5.